The lowest BCUT2D eigenvalue weighted by atomic mass is 10.0. The van der Waals surface area contributed by atoms with E-state index in [4.69, 9.17) is 5.73 Å². The summed E-state index contributed by atoms with van der Waals surface area (Å²) in [5.74, 6) is -1.36. The lowest BCUT2D eigenvalue weighted by Crippen LogP contribution is -2.36. The van der Waals surface area contributed by atoms with E-state index in [0.717, 1.165) is 6.07 Å². The van der Waals surface area contributed by atoms with Crippen molar-refractivity contribution in [1.82, 2.24) is 0 Å². The molecule has 1 saturated heterocycles. The molecule has 0 aromatic heterocycles. The minimum Gasteiger partial charge on any atom is -0.465 e. The molecule has 21 heavy (non-hydrogen) atoms. The van der Waals surface area contributed by atoms with Crippen molar-refractivity contribution in [2.24, 2.45) is 0 Å². The van der Waals surface area contributed by atoms with Gasteiger partial charge in [0.05, 0.1) is 29.9 Å². The molecule has 1 unspecified atom stereocenters. The molecule has 116 valence electrons. The second-order valence-electron chi connectivity index (χ2n) is 5.44. The van der Waals surface area contributed by atoms with Crippen molar-refractivity contribution in [2.45, 2.75) is 18.9 Å². The maximum absolute atomic E-state index is 14.0. The number of nitrogen functional groups attached to an aromatic ring is 1. The first-order valence-electron chi connectivity index (χ1n) is 6.32. The van der Waals surface area contributed by atoms with Gasteiger partial charge in [-0.25, -0.2) is 17.6 Å². The summed E-state index contributed by atoms with van der Waals surface area (Å²) < 4.78 is 41.7. The van der Waals surface area contributed by atoms with Crippen LogP contribution in [-0.4, -0.2) is 38.5 Å². The number of carbonyl (C=O) groups excluding carboxylic acids is 1. The summed E-state index contributed by atoms with van der Waals surface area (Å²) in [6.45, 7) is 1.70. The topological polar surface area (TPSA) is 98.5 Å². The maximum Gasteiger partial charge on any atom is 0.340 e. The highest BCUT2D eigenvalue weighted by molar-refractivity contribution is 7.91. The van der Waals surface area contributed by atoms with Crippen molar-refractivity contribution < 1.29 is 22.3 Å². The van der Waals surface area contributed by atoms with E-state index in [1.807, 2.05) is 0 Å². The molecule has 1 aliphatic rings. The third-order valence-corrected chi connectivity index (χ3v) is 5.39. The van der Waals surface area contributed by atoms with Gasteiger partial charge in [0.15, 0.2) is 9.84 Å². The maximum atomic E-state index is 14.0. The Hall–Kier alpha value is -1.83. The van der Waals surface area contributed by atoms with Gasteiger partial charge in [-0.15, -0.1) is 0 Å². The van der Waals surface area contributed by atoms with Crippen molar-refractivity contribution in [3.63, 3.8) is 0 Å². The molecule has 1 aliphatic heterocycles. The van der Waals surface area contributed by atoms with E-state index in [9.17, 15) is 17.6 Å². The van der Waals surface area contributed by atoms with Gasteiger partial charge in [-0.2, -0.15) is 0 Å². The van der Waals surface area contributed by atoms with E-state index < -0.39 is 27.2 Å². The van der Waals surface area contributed by atoms with E-state index in [1.54, 1.807) is 6.92 Å². The molecule has 0 spiro atoms. The van der Waals surface area contributed by atoms with Crippen molar-refractivity contribution in [3.05, 3.63) is 23.5 Å². The Bertz CT molecular complexity index is 690. The number of hydrogen-bond acceptors (Lipinski definition) is 6. The quantitative estimate of drug-likeness (QED) is 0.642. The molecule has 1 aromatic carbocycles. The van der Waals surface area contributed by atoms with Gasteiger partial charge in [0.2, 0.25) is 0 Å². The van der Waals surface area contributed by atoms with Crippen LogP contribution in [0.15, 0.2) is 12.1 Å². The van der Waals surface area contributed by atoms with Crippen LogP contribution in [0.25, 0.3) is 0 Å². The minimum absolute atomic E-state index is 0.0317. The molecule has 1 fully saturated rings. The second-order valence-corrected chi connectivity index (χ2v) is 7.62. The van der Waals surface area contributed by atoms with Crippen LogP contribution in [0.3, 0.4) is 0 Å². The Morgan fingerprint density at radius 2 is 2.14 bits per heavy atom. The summed E-state index contributed by atoms with van der Waals surface area (Å²) >= 11 is 0. The molecule has 6 nitrogen and oxygen atoms in total. The number of ether oxygens (including phenoxy) is 1. The molecular weight excluding hydrogens is 299 g/mol. The molecule has 1 atom stereocenters. The molecule has 0 bridgehead atoms. The normalized spacial score (nSPS) is 23.8. The molecule has 8 heteroatoms. The first-order chi connectivity index (χ1) is 9.66. The number of esters is 1. The first-order valence-corrected chi connectivity index (χ1v) is 8.14. The molecule has 3 N–H and O–H groups in total. The molecule has 0 saturated carbocycles. The van der Waals surface area contributed by atoms with Crippen LogP contribution >= 0.6 is 0 Å². The average molecular weight is 316 g/mol. The number of nitrogens with one attached hydrogen (secondary N) is 1. The lowest BCUT2D eigenvalue weighted by molar-refractivity contribution is 0.0602. The fraction of sp³-hybridized carbons (Fsp3) is 0.462. The standard InChI is InChI=1S/C13H17FN2O4S/c1-13(3-4-21(18,19)7-13)16-11-5-8(12(17)20-2)10(15)6-9(11)14/h5-6,16H,3-4,7,15H2,1-2H3. The van der Waals surface area contributed by atoms with Gasteiger partial charge in [0.1, 0.15) is 5.82 Å². The lowest BCUT2D eigenvalue weighted by Gasteiger charge is -2.26. The van der Waals surface area contributed by atoms with Gasteiger partial charge < -0.3 is 15.8 Å². The number of hydrogen-bond donors (Lipinski definition) is 2. The summed E-state index contributed by atoms with van der Waals surface area (Å²) in [5, 5.41) is 2.87. The van der Waals surface area contributed by atoms with Crippen LogP contribution in [0.1, 0.15) is 23.7 Å². The largest absolute Gasteiger partial charge is 0.465 e. The average Bonchev–Trinajstić information content (AvgIpc) is 2.66. The van der Waals surface area contributed by atoms with Crippen LogP contribution in [-0.2, 0) is 14.6 Å². The van der Waals surface area contributed by atoms with Crippen molar-refractivity contribution in [2.75, 3.05) is 29.7 Å². The number of rotatable bonds is 3. The highest BCUT2D eigenvalue weighted by Crippen LogP contribution is 2.30. The number of sulfone groups is 1. The van der Waals surface area contributed by atoms with E-state index in [2.05, 4.69) is 10.1 Å². The van der Waals surface area contributed by atoms with Crippen molar-refractivity contribution >= 4 is 27.2 Å². The Balaban J connectivity index is 2.34. The van der Waals surface area contributed by atoms with E-state index >= 15 is 0 Å². The van der Waals surface area contributed by atoms with Crippen molar-refractivity contribution in [3.8, 4) is 0 Å². The number of methoxy groups -OCH3 is 1. The van der Waals surface area contributed by atoms with Gasteiger partial charge in [0, 0.05) is 11.2 Å². The monoisotopic (exact) mass is 316 g/mol. The Morgan fingerprint density at radius 3 is 2.67 bits per heavy atom. The van der Waals surface area contributed by atoms with E-state index in [-0.39, 0.29) is 28.4 Å². The smallest absolute Gasteiger partial charge is 0.340 e. The highest BCUT2D eigenvalue weighted by atomic mass is 32.2. The molecule has 0 aliphatic carbocycles. The zero-order valence-corrected chi connectivity index (χ0v) is 12.6. The molecule has 0 amide bonds. The van der Waals surface area contributed by atoms with E-state index in [0.29, 0.717) is 6.42 Å². The van der Waals surface area contributed by atoms with Crippen LogP contribution < -0.4 is 11.1 Å². The van der Waals surface area contributed by atoms with Crippen molar-refractivity contribution in [1.29, 1.82) is 0 Å². The summed E-state index contributed by atoms with van der Waals surface area (Å²) in [5.41, 5.74) is 4.84. The molecule has 1 aromatic rings. The van der Waals surface area contributed by atoms with Gasteiger partial charge in [-0.3, -0.25) is 0 Å². The van der Waals surface area contributed by atoms with Gasteiger partial charge >= 0.3 is 5.97 Å². The van der Waals surface area contributed by atoms with Gasteiger partial charge in [-0.1, -0.05) is 0 Å². The summed E-state index contributed by atoms with van der Waals surface area (Å²) in [6.07, 6.45) is 0.368. The molecule has 0 radical (unpaired) electrons. The third kappa shape index (κ3) is 3.26. The second kappa shape index (κ2) is 5.18. The highest BCUT2D eigenvalue weighted by Gasteiger charge is 2.38. The Kier molecular flexibility index (Phi) is 3.83. The minimum atomic E-state index is -3.13. The third-order valence-electron chi connectivity index (χ3n) is 3.48. The van der Waals surface area contributed by atoms with E-state index in [1.165, 1.54) is 13.2 Å². The molecular formula is C13H17FN2O4S. The fourth-order valence-corrected chi connectivity index (χ4v) is 4.50. The number of anilines is 2. The SMILES string of the molecule is COC(=O)c1cc(NC2(C)CCS(=O)(=O)C2)c(F)cc1N. The predicted octanol–water partition coefficient (Wildman–Crippen LogP) is 1.18. The van der Waals surface area contributed by atoms with Gasteiger partial charge in [-0.05, 0) is 25.5 Å². The number of halogens is 1. The zero-order chi connectivity index (χ0) is 15.8. The van der Waals surface area contributed by atoms with Crippen LogP contribution in [0, 0.1) is 5.82 Å². The summed E-state index contributed by atoms with van der Waals surface area (Å²) in [4.78, 5) is 11.6. The van der Waals surface area contributed by atoms with Crippen LogP contribution in [0.4, 0.5) is 15.8 Å². The summed E-state index contributed by atoms with van der Waals surface area (Å²) in [6, 6.07) is 2.26. The predicted molar refractivity (Wildman–Crippen MR) is 77.5 cm³/mol. The Morgan fingerprint density at radius 1 is 1.48 bits per heavy atom. The number of benzene rings is 1. The van der Waals surface area contributed by atoms with Crippen LogP contribution in [0.2, 0.25) is 0 Å². The van der Waals surface area contributed by atoms with Crippen LogP contribution in [0.5, 0.6) is 0 Å². The fourth-order valence-electron chi connectivity index (χ4n) is 2.41. The first kappa shape index (κ1) is 15.6. The van der Waals surface area contributed by atoms with Gasteiger partial charge in [0.25, 0.3) is 0 Å². The molecule has 1 heterocycles. The number of nitrogens with two attached hydrogens (primary N) is 1. The molecule has 2 rings (SSSR count). The zero-order valence-electron chi connectivity index (χ0n) is 11.8. The number of carbonyl (C=O) groups is 1. The Labute approximate surface area is 122 Å². The summed E-state index contributed by atoms with van der Waals surface area (Å²) in [7, 11) is -1.93.